The molecule has 7 amide bonds. The minimum atomic E-state index is -5.86. The number of unbranched alkanes of at least 4 members (excludes halogenated alkanes) is 1. The quantitative estimate of drug-likeness (QED) is 0.0166. The van der Waals surface area contributed by atoms with Crippen molar-refractivity contribution in [2.45, 2.75) is 167 Å². The number of hydrogen-bond acceptors (Lipinski definition) is 12. The third kappa shape index (κ3) is 16.2. The molecule has 470 valence electrons. The standard InChI is InChI=1S/C64H77F2N8O12PS/c1-37(45-13-10-15-47(30-45)64(65,66)87(83,84)85)29-55(78)70-50-26-25-43-12-9-14-46-31-52(74(56(43)46)61(50)81)60(80)71-49(27-28-53(67)76)39(3)86-35-42-19-17-40(18-20-42)11-7-8-16-54(77)72-58(63(4,5)6)62(82)73-34-48(75)32-51(73)59(79)68-33-41-21-23-44(24-22-41)57-38(2)69-36-88-57/h9-10,12-15,17-24,29-30,36,39,48-52,58,75H,7-8,11,16,25-28,31-35H2,1-6H3,(H2,67,76)(H,68,79)(H,70,78)(H,71,80)(H,72,77)(H2,83,84,85)/b37-29+/t39-,48-,49+,50+,51+,52+,58?/m1/s1. The lowest BCUT2D eigenvalue weighted by molar-refractivity contribution is -0.144. The van der Waals surface area contributed by atoms with E-state index in [1.54, 1.807) is 23.8 Å². The van der Waals surface area contributed by atoms with Crippen molar-refractivity contribution in [2.24, 2.45) is 11.1 Å². The molecule has 3 aliphatic rings. The SMILES string of the molecule is C/C(=C\C(=O)N[C@H]1CCc2cccc3c2N(C1=O)[C@H](C(=O)N[C@@H](CCC(N)=O)[C@@H](C)OCc1ccc(CCCCC(=O)NC(C(=O)N2C[C@H](O)C[C@H]2C(=O)NCc2ccc(-c4scnc4C)cc2)C(C)(C)C)cc1)C3)c1cccc(C(F)(F)P(=O)(O)O)c1. The number of nitrogens with two attached hydrogens (primary N) is 1. The summed E-state index contributed by atoms with van der Waals surface area (Å²) in [4.78, 5) is 122. The molecular formula is C64H77F2N8O12PS. The zero-order valence-corrected chi connectivity index (χ0v) is 51.8. The molecule has 4 aromatic carbocycles. The van der Waals surface area contributed by atoms with Crippen molar-refractivity contribution in [3.63, 3.8) is 0 Å². The topological polar surface area (TPSA) is 300 Å². The van der Waals surface area contributed by atoms with Crippen molar-refractivity contribution >= 4 is 71.5 Å². The summed E-state index contributed by atoms with van der Waals surface area (Å²) < 4.78 is 46.9. The van der Waals surface area contributed by atoms with E-state index in [-0.39, 0.29) is 81.2 Å². The maximum atomic E-state index is 14.5. The summed E-state index contributed by atoms with van der Waals surface area (Å²) in [6.07, 6.45) is 2.41. The molecule has 1 fully saturated rings. The van der Waals surface area contributed by atoms with E-state index in [1.807, 2.05) is 94.4 Å². The number of benzene rings is 4. The van der Waals surface area contributed by atoms with Gasteiger partial charge in [0.2, 0.25) is 41.4 Å². The number of allylic oxidation sites excluding steroid dienone is 1. The minimum Gasteiger partial charge on any atom is -0.391 e. The van der Waals surface area contributed by atoms with Crippen LogP contribution in [0.1, 0.15) is 124 Å². The van der Waals surface area contributed by atoms with Gasteiger partial charge in [-0.15, -0.1) is 11.3 Å². The van der Waals surface area contributed by atoms with E-state index in [2.05, 4.69) is 26.3 Å². The Balaban J connectivity index is 0.814. The first kappa shape index (κ1) is 66.4. The van der Waals surface area contributed by atoms with Gasteiger partial charge in [-0.25, -0.2) is 4.98 Å². The Hall–Kier alpha value is -7.53. The molecule has 0 bridgehead atoms. The van der Waals surface area contributed by atoms with Gasteiger partial charge < -0.3 is 51.5 Å². The van der Waals surface area contributed by atoms with Crippen LogP contribution in [0.4, 0.5) is 14.5 Å². The fourth-order valence-electron chi connectivity index (χ4n) is 11.4. The van der Waals surface area contributed by atoms with Crippen LogP contribution in [0.15, 0.2) is 103 Å². The molecule has 1 aromatic heterocycles. The predicted molar refractivity (Wildman–Crippen MR) is 328 cm³/mol. The van der Waals surface area contributed by atoms with Crippen molar-refractivity contribution < 1.29 is 66.5 Å². The van der Waals surface area contributed by atoms with E-state index >= 15 is 0 Å². The Morgan fingerprint density at radius 2 is 1.58 bits per heavy atom. The molecule has 24 heteroatoms. The number of nitrogens with zero attached hydrogens (tertiary/aromatic N) is 3. The van der Waals surface area contributed by atoms with E-state index in [0.717, 1.165) is 62.2 Å². The Morgan fingerprint density at radius 1 is 0.898 bits per heavy atom. The van der Waals surface area contributed by atoms with Gasteiger partial charge in [-0.1, -0.05) is 106 Å². The minimum absolute atomic E-state index is 0.0348. The van der Waals surface area contributed by atoms with E-state index in [4.69, 9.17) is 10.5 Å². The normalized spacial score (nSPS) is 18.9. The molecule has 0 radical (unpaired) electrons. The van der Waals surface area contributed by atoms with Gasteiger partial charge in [0.15, 0.2) is 0 Å². The highest BCUT2D eigenvalue weighted by molar-refractivity contribution is 7.52. The fraction of sp³-hybridized carbons (Fsp3) is 0.438. The first-order chi connectivity index (χ1) is 41.6. The Bertz CT molecular complexity index is 3480. The molecule has 9 N–H and O–H groups in total. The molecular weight excluding hydrogens is 1170 g/mol. The first-order valence-electron chi connectivity index (χ1n) is 29.4. The number of rotatable bonds is 25. The number of carbonyl (C=O) groups is 7. The molecule has 4 heterocycles. The largest absolute Gasteiger partial charge is 0.399 e. The summed E-state index contributed by atoms with van der Waals surface area (Å²) >= 11 is 1.56. The van der Waals surface area contributed by atoms with Gasteiger partial charge in [-0.05, 0) is 115 Å². The summed E-state index contributed by atoms with van der Waals surface area (Å²) in [5.74, 6) is -3.52. The third-order valence-electron chi connectivity index (χ3n) is 16.4. The van der Waals surface area contributed by atoms with Gasteiger partial charge in [-0.2, -0.15) is 8.78 Å². The van der Waals surface area contributed by atoms with Crippen LogP contribution in [-0.4, -0.2) is 115 Å². The number of nitrogens with one attached hydrogen (secondary N) is 4. The zero-order valence-electron chi connectivity index (χ0n) is 50.1. The fourth-order valence-corrected chi connectivity index (χ4v) is 12.6. The maximum Gasteiger partial charge on any atom is 0.399 e. The van der Waals surface area contributed by atoms with Crippen LogP contribution in [0.25, 0.3) is 16.0 Å². The highest BCUT2D eigenvalue weighted by Crippen LogP contribution is 2.59. The number of anilines is 1. The molecule has 20 nitrogen and oxygen atoms in total. The summed E-state index contributed by atoms with van der Waals surface area (Å²) in [7, 11) is -5.86. The number of primary amides is 1. The van der Waals surface area contributed by atoms with Gasteiger partial charge in [0, 0.05) is 50.4 Å². The third-order valence-corrected chi connectivity index (χ3v) is 18.3. The van der Waals surface area contributed by atoms with Crippen molar-refractivity contribution in [1.82, 2.24) is 31.2 Å². The number of aryl methyl sites for hydroxylation is 3. The summed E-state index contributed by atoms with van der Waals surface area (Å²) in [6.45, 7) is 11.0. The second-order valence-electron chi connectivity index (χ2n) is 24.1. The number of aliphatic hydroxyl groups excluding tert-OH is 1. The maximum absolute atomic E-state index is 14.5. The average Bonchev–Trinajstić information content (AvgIpc) is 1.71. The zero-order chi connectivity index (χ0) is 63.8. The first-order valence-corrected chi connectivity index (χ1v) is 31.9. The molecule has 1 saturated heterocycles. The van der Waals surface area contributed by atoms with Crippen molar-refractivity contribution in [1.29, 1.82) is 0 Å². The number of β-amino-alcohol motifs (C(OH)–C–C–N with tert-alkyl or cyclic N) is 1. The lowest BCUT2D eigenvalue weighted by Gasteiger charge is -2.35. The number of halogens is 2. The van der Waals surface area contributed by atoms with Gasteiger partial charge >= 0.3 is 13.3 Å². The Kier molecular flexibility index (Phi) is 21.4. The van der Waals surface area contributed by atoms with Crippen molar-refractivity contribution in [3.05, 3.63) is 147 Å². The van der Waals surface area contributed by atoms with E-state index in [9.17, 15) is 61.8 Å². The monoisotopic (exact) mass is 1250 g/mol. The second kappa shape index (κ2) is 28.3. The number of thiazole rings is 1. The molecule has 0 spiro atoms. The molecule has 7 atom stereocenters. The molecule has 3 aliphatic heterocycles. The van der Waals surface area contributed by atoms with Gasteiger partial charge in [0.25, 0.3) is 0 Å². The molecule has 1 unspecified atom stereocenters. The predicted octanol–water partition coefficient (Wildman–Crippen LogP) is 7.02. The average molecular weight is 1250 g/mol. The van der Waals surface area contributed by atoms with Crippen LogP contribution < -0.4 is 31.9 Å². The van der Waals surface area contributed by atoms with Crippen LogP contribution in [0.3, 0.4) is 0 Å². The van der Waals surface area contributed by atoms with Crippen LogP contribution in [0, 0.1) is 12.3 Å². The second-order valence-corrected chi connectivity index (χ2v) is 26.6. The van der Waals surface area contributed by atoms with E-state index in [0.29, 0.717) is 31.4 Å². The van der Waals surface area contributed by atoms with Crippen LogP contribution >= 0.6 is 18.9 Å². The summed E-state index contributed by atoms with van der Waals surface area (Å²) in [6, 6.07) is 20.7. The molecule has 0 saturated carbocycles. The molecule has 8 rings (SSSR count). The summed E-state index contributed by atoms with van der Waals surface area (Å²) in [5, 5.41) is 22.3. The van der Waals surface area contributed by atoms with Gasteiger partial charge in [-0.3, -0.25) is 43.0 Å². The number of para-hydroxylation sites is 1. The lowest BCUT2D eigenvalue weighted by Crippen LogP contribution is -2.57. The van der Waals surface area contributed by atoms with Crippen LogP contribution in [-0.2, 0) is 80.9 Å². The Morgan fingerprint density at radius 3 is 2.25 bits per heavy atom. The number of alkyl halides is 2. The summed E-state index contributed by atoms with van der Waals surface area (Å²) in [5.41, 5.74) is 8.33. The smallest absolute Gasteiger partial charge is 0.391 e. The number of hydrogen-bond donors (Lipinski definition) is 8. The molecule has 88 heavy (non-hydrogen) atoms. The van der Waals surface area contributed by atoms with Crippen molar-refractivity contribution in [2.75, 3.05) is 11.4 Å². The van der Waals surface area contributed by atoms with E-state index < -0.39 is 96.2 Å². The number of aliphatic hydroxyl groups is 1. The van der Waals surface area contributed by atoms with Crippen molar-refractivity contribution in [3.8, 4) is 10.4 Å². The number of amides is 7. The number of carbonyl (C=O) groups excluding carboxylic acids is 7. The van der Waals surface area contributed by atoms with Gasteiger partial charge in [0.1, 0.15) is 24.2 Å². The molecule has 0 aliphatic carbocycles. The highest BCUT2D eigenvalue weighted by atomic mass is 32.1. The lowest BCUT2D eigenvalue weighted by atomic mass is 9.85. The van der Waals surface area contributed by atoms with Crippen LogP contribution in [0.2, 0.25) is 0 Å². The van der Waals surface area contributed by atoms with E-state index in [1.165, 1.54) is 28.9 Å². The van der Waals surface area contributed by atoms with Crippen LogP contribution in [0.5, 0.6) is 0 Å². The number of likely N-dealkylation sites (tertiary alicyclic amines) is 1. The number of ether oxygens (including phenoxy) is 1. The molecule has 5 aromatic rings. The number of aromatic nitrogens is 1. The highest BCUT2D eigenvalue weighted by Gasteiger charge is 2.51. The van der Waals surface area contributed by atoms with Gasteiger partial charge in [0.05, 0.1) is 46.6 Å². The Labute approximate surface area is 514 Å².